The number of hydrogen-bond donors (Lipinski definition) is 7. The average Bonchev–Trinajstić information content (AvgIpc) is 2.63. The summed E-state index contributed by atoms with van der Waals surface area (Å²) in [5, 5.41) is 58.3. The Kier molecular flexibility index (Phi) is 7.54. The molecule has 8 N–H and O–H groups in total. The van der Waals surface area contributed by atoms with Crippen LogP contribution >= 0.6 is 0 Å². The Hall–Kier alpha value is -2.41. The molecule has 1 aromatic rings. The largest absolute Gasteiger partial charge is 0.426 e. The van der Waals surface area contributed by atoms with E-state index in [2.05, 4.69) is 0 Å². The monoisotopic (exact) mass is 387 g/mol. The molecule has 1 amide bonds. The van der Waals surface area contributed by atoms with Crippen molar-refractivity contribution in [3.63, 3.8) is 0 Å². The third kappa shape index (κ3) is 4.66. The van der Waals surface area contributed by atoms with Gasteiger partial charge in [0.2, 0.25) is 11.4 Å². The zero-order valence-electron chi connectivity index (χ0n) is 14.2. The van der Waals surface area contributed by atoms with Crippen LogP contribution in [0.1, 0.15) is 17.3 Å². The summed E-state index contributed by atoms with van der Waals surface area (Å²) in [5.74, 6) is -4.47. The quantitative estimate of drug-likeness (QED) is 0.0960. The highest BCUT2D eigenvalue weighted by Gasteiger charge is 2.54. The van der Waals surface area contributed by atoms with Crippen LogP contribution in [0.4, 0.5) is 0 Å². The first kappa shape index (κ1) is 22.6. The number of para-hydroxylation sites is 1. The molecule has 0 saturated carbocycles. The highest BCUT2D eigenvalue weighted by atomic mass is 16.5. The lowest BCUT2D eigenvalue weighted by molar-refractivity contribution is -0.170. The number of benzene rings is 1. The van der Waals surface area contributed by atoms with Crippen molar-refractivity contribution in [3.05, 3.63) is 29.8 Å². The van der Waals surface area contributed by atoms with E-state index >= 15 is 0 Å². The number of carbonyl (C=O) groups is 3. The molecule has 0 saturated heterocycles. The van der Waals surface area contributed by atoms with Gasteiger partial charge in [0.25, 0.3) is 5.91 Å². The molecule has 0 aliphatic heterocycles. The highest BCUT2D eigenvalue weighted by molar-refractivity contribution is 6.18. The van der Waals surface area contributed by atoms with E-state index < -0.39 is 59.8 Å². The van der Waals surface area contributed by atoms with Crippen molar-refractivity contribution >= 4 is 17.7 Å². The number of ketones is 1. The number of hydrogen-bond acceptors (Lipinski definition) is 10. The third-order valence-corrected chi connectivity index (χ3v) is 3.79. The first-order valence-corrected chi connectivity index (χ1v) is 7.66. The van der Waals surface area contributed by atoms with E-state index in [0.29, 0.717) is 0 Å². The summed E-state index contributed by atoms with van der Waals surface area (Å²) < 4.78 is 4.80. The molecule has 0 unspecified atom stereocenters. The standard InChI is InChI=1S/C16H21NO10/c1-7(19)27-10-5-3-2-4-8(10)13(23)16(26,15(17)25)14(24)12(22)11(21)9(20)6-18/h2-5,9,11-12,14,18,20-22,24,26H,6H2,1H3,(H2,17,25)/t9-,11-,12+,14-,16+/m1/s1. The molecule has 1 aromatic carbocycles. The molecule has 150 valence electrons. The van der Waals surface area contributed by atoms with Crippen molar-refractivity contribution in [2.75, 3.05) is 6.61 Å². The zero-order valence-corrected chi connectivity index (χ0v) is 14.2. The Labute approximate surface area is 153 Å². The molecule has 0 aliphatic carbocycles. The third-order valence-electron chi connectivity index (χ3n) is 3.79. The maximum Gasteiger partial charge on any atom is 0.308 e. The van der Waals surface area contributed by atoms with Gasteiger partial charge in [-0.1, -0.05) is 12.1 Å². The van der Waals surface area contributed by atoms with E-state index in [1.54, 1.807) is 0 Å². The molecule has 0 radical (unpaired) electrons. The summed E-state index contributed by atoms with van der Waals surface area (Å²) >= 11 is 0. The van der Waals surface area contributed by atoms with E-state index in [1.165, 1.54) is 18.2 Å². The molecule has 5 atom stereocenters. The minimum atomic E-state index is -3.45. The number of Topliss-reactive ketones (excluding diaryl/α,β-unsaturated/α-hetero) is 1. The molecule has 11 nitrogen and oxygen atoms in total. The van der Waals surface area contributed by atoms with Crippen molar-refractivity contribution in [1.29, 1.82) is 0 Å². The molecule has 0 aliphatic rings. The Morgan fingerprint density at radius 2 is 1.67 bits per heavy atom. The fourth-order valence-corrected chi connectivity index (χ4v) is 2.26. The van der Waals surface area contributed by atoms with E-state index in [0.717, 1.165) is 13.0 Å². The summed E-state index contributed by atoms with van der Waals surface area (Å²) in [5.41, 5.74) is 1.06. The lowest BCUT2D eigenvalue weighted by Gasteiger charge is -2.34. The molecule has 27 heavy (non-hydrogen) atoms. The number of aliphatic hydroxyl groups excluding tert-OH is 5. The van der Waals surface area contributed by atoms with Crippen molar-refractivity contribution in [1.82, 2.24) is 0 Å². The topological polar surface area (TPSA) is 208 Å². The van der Waals surface area contributed by atoms with E-state index in [9.17, 15) is 39.9 Å². The average molecular weight is 387 g/mol. The number of aliphatic hydroxyl groups is 6. The van der Waals surface area contributed by atoms with Gasteiger partial charge >= 0.3 is 5.97 Å². The molecule has 1 rings (SSSR count). The molecule has 0 heterocycles. The van der Waals surface area contributed by atoms with E-state index in [4.69, 9.17) is 15.6 Å². The van der Waals surface area contributed by atoms with Crippen LogP contribution in [-0.2, 0) is 9.59 Å². The molecule has 0 aromatic heterocycles. The molecule has 0 bridgehead atoms. The predicted octanol–water partition coefficient (Wildman–Crippen LogP) is -3.55. The van der Waals surface area contributed by atoms with Gasteiger partial charge in [-0.05, 0) is 12.1 Å². The van der Waals surface area contributed by atoms with Gasteiger partial charge in [0.15, 0.2) is 0 Å². The SMILES string of the molecule is CC(=O)Oc1ccccc1C(=O)[C@@](O)(C(N)=O)[C@H](O)[C@@H](O)[C@H](O)[C@H](O)CO. The summed E-state index contributed by atoms with van der Waals surface area (Å²) in [4.78, 5) is 35.6. The van der Waals surface area contributed by atoms with Crippen LogP contribution in [0.15, 0.2) is 24.3 Å². The molecule has 11 heteroatoms. The molecule has 0 spiro atoms. The van der Waals surface area contributed by atoms with Gasteiger partial charge in [-0.3, -0.25) is 14.4 Å². The number of rotatable bonds is 9. The Morgan fingerprint density at radius 1 is 1.11 bits per heavy atom. The minimum absolute atomic E-state index is 0.354. The second kappa shape index (κ2) is 8.99. The number of esters is 1. The van der Waals surface area contributed by atoms with Crippen LogP contribution in [0.25, 0.3) is 0 Å². The fourth-order valence-electron chi connectivity index (χ4n) is 2.26. The number of amides is 1. The van der Waals surface area contributed by atoms with Crippen LogP contribution < -0.4 is 10.5 Å². The van der Waals surface area contributed by atoms with Gasteiger partial charge in [-0.25, -0.2) is 0 Å². The minimum Gasteiger partial charge on any atom is -0.426 e. The maximum absolute atomic E-state index is 12.7. The lowest BCUT2D eigenvalue weighted by Crippen LogP contribution is -2.65. The van der Waals surface area contributed by atoms with Crippen LogP contribution in [0.2, 0.25) is 0 Å². The second-order valence-electron chi connectivity index (χ2n) is 5.73. The zero-order chi connectivity index (χ0) is 20.9. The van der Waals surface area contributed by atoms with Crippen molar-refractivity contribution in [2.45, 2.75) is 36.9 Å². The first-order chi connectivity index (χ1) is 12.5. The normalized spacial score (nSPS) is 17.9. The maximum atomic E-state index is 12.7. The van der Waals surface area contributed by atoms with E-state index in [1.807, 2.05) is 0 Å². The number of nitrogens with two attached hydrogens (primary N) is 1. The Bertz CT molecular complexity index is 708. The molecular weight excluding hydrogens is 366 g/mol. The van der Waals surface area contributed by atoms with Gasteiger partial charge in [0, 0.05) is 6.92 Å². The number of carbonyl (C=O) groups excluding carboxylic acids is 3. The van der Waals surface area contributed by atoms with Gasteiger partial charge in [-0.15, -0.1) is 0 Å². The van der Waals surface area contributed by atoms with Crippen molar-refractivity contribution < 1.29 is 49.8 Å². The second-order valence-corrected chi connectivity index (χ2v) is 5.73. The number of ether oxygens (including phenoxy) is 1. The molecular formula is C16H21NO10. The van der Waals surface area contributed by atoms with Crippen molar-refractivity contribution in [3.8, 4) is 5.75 Å². The fraction of sp³-hybridized carbons (Fsp3) is 0.438. The lowest BCUT2D eigenvalue weighted by atomic mass is 9.82. The van der Waals surface area contributed by atoms with Gasteiger partial charge < -0.3 is 41.1 Å². The van der Waals surface area contributed by atoms with Gasteiger partial charge in [-0.2, -0.15) is 0 Å². The summed E-state index contributed by atoms with van der Waals surface area (Å²) in [6, 6.07) is 4.91. The Morgan fingerprint density at radius 3 is 2.15 bits per heavy atom. The van der Waals surface area contributed by atoms with Crippen LogP contribution in [0.3, 0.4) is 0 Å². The molecule has 0 fully saturated rings. The Balaban J connectivity index is 3.36. The van der Waals surface area contributed by atoms with Crippen LogP contribution in [-0.4, -0.2) is 84.9 Å². The highest BCUT2D eigenvalue weighted by Crippen LogP contribution is 2.27. The predicted molar refractivity (Wildman–Crippen MR) is 87.3 cm³/mol. The van der Waals surface area contributed by atoms with Crippen molar-refractivity contribution in [2.24, 2.45) is 5.73 Å². The summed E-state index contributed by atoms with van der Waals surface area (Å²) in [6.07, 6.45) is -9.32. The summed E-state index contributed by atoms with van der Waals surface area (Å²) in [6.45, 7) is 0.00987. The smallest absolute Gasteiger partial charge is 0.308 e. The van der Waals surface area contributed by atoms with E-state index in [-0.39, 0.29) is 5.75 Å². The van der Waals surface area contributed by atoms with Crippen LogP contribution in [0.5, 0.6) is 5.75 Å². The van der Waals surface area contributed by atoms with Gasteiger partial charge in [0.05, 0.1) is 12.2 Å². The van der Waals surface area contributed by atoms with Gasteiger partial charge in [0.1, 0.15) is 30.2 Å². The summed E-state index contributed by atoms with van der Waals surface area (Å²) in [7, 11) is 0. The number of primary amides is 1. The first-order valence-electron chi connectivity index (χ1n) is 7.66. The van der Waals surface area contributed by atoms with Crippen LogP contribution in [0, 0.1) is 0 Å².